The minimum atomic E-state index is -0.468. The zero-order valence-electron chi connectivity index (χ0n) is 15.9. The summed E-state index contributed by atoms with van der Waals surface area (Å²) in [5.74, 6) is 0. The van der Waals surface area contributed by atoms with E-state index in [0.717, 1.165) is 19.5 Å². The van der Waals surface area contributed by atoms with Gasteiger partial charge >= 0.3 is 6.09 Å². The van der Waals surface area contributed by atoms with Crippen molar-refractivity contribution in [3.8, 4) is 11.1 Å². The Bertz CT molecular complexity index is 720. The number of carbonyl (C=O) groups is 1. The molecule has 3 rings (SSSR count). The Morgan fingerprint density at radius 2 is 1.73 bits per heavy atom. The first-order valence-electron chi connectivity index (χ1n) is 9.27. The van der Waals surface area contributed by atoms with Crippen LogP contribution < -0.4 is 5.32 Å². The maximum absolute atomic E-state index is 12.5. The SMILES string of the molecule is CC(C)(C)OC(=O)N1CCNC[C@@H]1Cc1ccc(-c2ccccc2)cc1. The van der Waals surface area contributed by atoms with Crippen LogP contribution in [0, 0.1) is 0 Å². The molecule has 0 aliphatic carbocycles. The Kier molecular flexibility index (Phi) is 5.62. The molecule has 0 radical (unpaired) electrons. The highest BCUT2D eigenvalue weighted by atomic mass is 16.6. The number of amides is 1. The number of carbonyl (C=O) groups excluding carboxylic acids is 1. The number of rotatable bonds is 3. The highest BCUT2D eigenvalue weighted by molar-refractivity contribution is 5.69. The molecule has 1 fully saturated rings. The Morgan fingerprint density at radius 3 is 2.38 bits per heavy atom. The largest absolute Gasteiger partial charge is 0.444 e. The molecule has 26 heavy (non-hydrogen) atoms. The summed E-state index contributed by atoms with van der Waals surface area (Å²) in [5.41, 5.74) is 3.19. The molecule has 0 aromatic heterocycles. The van der Waals surface area contributed by atoms with Crippen molar-refractivity contribution >= 4 is 6.09 Å². The number of nitrogens with one attached hydrogen (secondary N) is 1. The smallest absolute Gasteiger partial charge is 0.410 e. The molecular weight excluding hydrogens is 324 g/mol. The first kappa shape index (κ1) is 18.5. The summed E-state index contributed by atoms with van der Waals surface area (Å²) in [6.07, 6.45) is 0.603. The van der Waals surface area contributed by atoms with Crippen LogP contribution in [0.2, 0.25) is 0 Å². The van der Waals surface area contributed by atoms with Crippen molar-refractivity contribution in [3.05, 3.63) is 60.2 Å². The molecule has 1 atom stereocenters. The van der Waals surface area contributed by atoms with Crippen LogP contribution in [-0.2, 0) is 11.2 Å². The van der Waals surface area contributed by atoms with Crippen LogP contribution in [0.4, 0.5) is 4.79 Å². The second kappa shape index (κ2) is 7.92. The van der Waals surface area contributed by atoms with Crippen LogP contribution in [0.25, 0.3) is 11.1 Å². The third kappa shape index (κ3) is 4.85. The first-order valence-corrected chi connectivity index (χ1v) is 9.27. The normalized spacial score (nSPS) is 17.8. The van der Waals surface area contributed by atoms with E-state index in [2.05, 4.69) is 53.8 Å². The summed E-state index contributed by atoms with van der Waals surface area (Å²) in [6.45, 7) is 8.00. The third-order valence-electron chi connectivity index (χ3n) is 4.51. The molecule has 1 aliphatic heterocycles. The predicted molar refractivity (Wildman–Crippen MR) is 105 cm³/mol. The number of hydrogen-bond donors (Lipinski definition) is 1. The van der Waals surface area contributed by atoms with Gasteiger partial charge in [-0.3, -0.25) is 0 Å². The molecule has 1 N–H and O–H groups in total. The summed E-state index contributed by atoms with van der Waals surface area (Å²) >= 11 is 0. The molecule has 1 amide bonds. The van der Waals surface area contributed by atoms with Crippen molar-refractivity contribution in [1.82, 2.24) is 10.2 Å². The Hall–Kier alpha value is -2.33. The fourth-order valence-corrected chi connectivity index (χ4v) is 3.24. The molecule has 1 aliphatic rings. The predicted octanol–water partition coefficient (Wildman–Crippen LogP) is 4.11. The molecular formula is C22H28N2O2. The lowest BCUT2D eigenvalue weighted by Crippen LogP contribution is -2.55. The van der Waals surface area contributed by atoms with Crippen molar-refractivity contribution < 1.29 is 9.53 Å². The highest BCUT2D eigenvalue weighted by Crippen LogP contribution is 2.21. The molecule has 2 aromatic carbocycles. The van der Waals surface area contributed by atoms with Gasteiger partial charge < -0.3 is 15.0 Å². The van der Waals surface area contributed by atoms with Crippen LogP contribution >= 0.6 is 0 Å². The maximum Gasteiger partial charge on any atom is 0.410 e. The zero-order chi connectivity index (χ0) is 18.6. The monoisotopic (exact) mass is 352 g/mol. The van der Waals surface area contributed by atoms with E-state index in [1.54, 1.807) is 0 Å². The molecule has 4 heteroatoms. The molecule has 0 unspecified atom stereocenters. The van der Waals surface area contributed by atoms with Crippen molar-refractivity contribution in [2.24, 2.45) is 0 Å². The van der Waals surface area contributed by atoms with Crippen molar-refractivity contribution in [2.45, 2.75) is 38.8 Å². The summed E-state index contributed by atoms with van der Waals surface area (Å²) in [5, 5.41) is 3.39. The summed E-state index contributed by atoms with van der Waals surface area (Å²) in [4.78, 5) is 14.4. The Labute approximate surface area is 156 Å². The van der Waals surface area contributed by atoms with Gasteiger partial charge in [0.05, 0.1) is 6.04 Å². The second-order valence-electron chi connectivity index (χ2n) is 7.80. The average Bonchev–Trinajstić information content (AvgIpc) is 2.62. The van der Waals surface area contributed by atoms with Gasteiger partial charge in [0.2, 0.25) is 0 Å². The summed E-state index contributed by atoms with van der Waals surface area (Å²) in [6, 6.07) is 19.1. The van der Waals surface area contributed by atoms with Crippen LogP contribution in [0.3, 0.4) is 0 Å². The number of hydrogen-bond acceptors (Lipinski definition) is 3. The van der Waals surface area contributed by atoms with Crippen LogP contribution in [0.1, 0.15) is 26.3 Å². The minimum absolute atomic E-state index is 0.112. The van der Waals surface area contributed by atoms with Gasteiger partial charge in [-0.25, -0.2) is 4.79 Å². The highest BCUT2D eigenvalue weighted by Gasteiger charge is 2.30. The molecule has 0 bridgehead atoms. The van der Waals surface area contributed by atoms with E-state index >= 15 is 0 Å². The number of benzene rings is 2. The van der Waals surface area contributed by atoms with Crippen molar-refractivity contribution in [2.75, 3.05) is 19.6 Å². The van der Waals surface area contributed by atoms with Gasteiger partial charge in [0.25, 0.3) is 0 Å². The molecule has 1 heterocycles. The van der Waals surface area contributed by atoms with E-state index in [1.807, 2.05) is 31.7 Å². The van der Waals surface area contributed by atoms with E-state index in [4.69, 9.17) is 4.74 Å². The Balaban J connectivity index is 1.69. The fraction of sp³-hybridized carbons (Fsp3) is 0.409. The molecule has 138 valence electrons. The van der Waals surface area contributed by atoms with Gasteiger partial charge in [0.1, 0.15) is 5.60 Å². The van der Waals surface area contributed by atoms with Crippen LogP contribution in [0.5, 0.6) is 0 Å². The standard InChI is InChI=1S/C22H28N2O2/c1-22(2,3)26-21(25)24-14-13-23-16-20(24)15-17-9-11-19(12-10-17)18-7-5-4-6-8-18/h4-12,20,23H,13-16H2,1-3H3/t20-/m0/s1. The lowest BCUT2D eigenvalue weighted by atomic mass is 9.99. The van der Waals surface area contributed by atoms with Gasteiger partial charge in [-0.05, 0) is 43.9 Å². The quantitative estimate of drug-likeness (QED) is 0.904. The van der Waals surface area contributed by atoms with E-state index in [-0.39, 0.29) is 12.1 Å². The van der Waals surface area contributed by atoms with Gasteiger partial charge in [-0.1, -0.05) is 54.6 Å². The van der Waals surface area contributed by atoms with Crippen LogP contribution in [0.15, 0.2) is 54.6 Å². The average molecular weight is 352 g/mol. The second-order valence-corrected chi connectivity index (χ2v) is 7.80. The summed E-state index contributed by atoms with van der Waals surface area (Å²) < 4.78 is 5.58. The van der Waals surface area contributed by atoms with Crippen molar-refractivity contribution in [1.29, 1.82) is 0 Å². The van der Waals surface area contributed by atoms with Gasteiger partial charge in [0, 0.05) is 19.6 Å². The maximum atomic E-state index is 12.5. The zero-order valence-corrected chi connectivity index (χ0v) is 15.9. The Morgan fingerprint density at radius 1 is 1.08 bits per heavy atom. The molecule has 4 nitrogen and oxygen atoms in total. The van der Waals surface area contributed by atoms with Crippen molar-refractivity contribution in [3.63, 3.8) is 0 Å². The van der Waals surface area contributed by atoms with Gasteiger partial charge in [-0.15, -0.1) is 0 Å². The number of piperazine rings is 1. The molecule has 0 saturated carbocycles. The lowest BCUT2D eigenvalue weighted by Gasteiger charge is -2.37. The minimum Gasteiger partial charge on any atom is -0.444 e. The van der Waals surface area contributed by atoms with E-state index in [9.17, 15) is 4.79 Å². The molecule has 2 aromatic rings. The van der Waals surface area contributed by atoms with E-state index in [0.29, 0.717) is 6.54 Å². The lowest BCUT2D eigenvalue weighted by molar-refractivity contribution is 0.0122. The third-order valence-corrected chi connectivity index (χ3v) is 4.51. The van der Waals surface area contributed by atoms with Gasteiger partial charge in [-0.2, -0.15) is 0 Å². The van der Waals surface area contributed by atoms with Crippen LogP contribution in [-0.4, -0.2) is 42.3 Å². The van der Waals surface area contributed by atoms with Gasteiger partial charge in [0.15, 0.2) is 0 Å². The van der Waals surface area contributed by atoms with E-state index < -0.39 is 5.60 Å². The molecule has 1 saturated heterocycles. The fourth-order valence-electron chi connectivity index (χ4n) is 3.24. The topological polar surface area (TPSA) is 41.6 Å². The summed E-state index contributed by atoms with van der Waals surface area (Å²) in [7, 11) is 0. The number of nitrogens with zero attached hydrogens (tertiary/aromatic N) is 1. The first-order chi connectivity index (χ1) is 12.4. The molecule has 0 spiro atoms. The van der Waals surface area contributed by atoms with E-state index in [1.165, 1.54) is 16.7 Å². The number of ether oxygens (including phenoxy) is 1.